The van der Waals surface area contributed by atoms with E-state index in [0.29, 0.717) is 0 Å². The summed E-state index contributed by atoms with van der Waals surface area (Å²) in [6.45, 7) is -0.413. The first kappa shape index (κ1) is 9.33. The molecule has 71 valence electrons. The molecule has 1 aromatic heterocycles. The van der Waals surface area contributed by atoms with Gasteiger partial charge in [-0.15, -0.1) is 0 Å². The number of anilines is 3. The standard InChI is InChI=1S/C6H10N5O2/c7-3-4(8)10-6(9)11-5(3)13-2-1-12/h1-2,7H2,(H4,8,9,10,11). The van der Waals surface area contributed by atoms with Gasteiger partial charge in [-0.3, -0.25) is 0 Å². The minimum Gasteiger partial charge on any atom is -0.473 e. The molecular formula is C6H10N5O2. The molecule has 6 N–H and O–H groups in total. The number of nitrogens with zero attached hydrogens (tertiary/aromatic N) is 2. The molecular weight excluding hydrogens is 174 g/mol. The Morgan fingerprint density at radius 1 is 1.23 bits per heavy atom. The Bertz CT molecular complexity index is 303. The van der Waals surface area contributed by atoms with Crippen molar-refractivity contribution >= 4 is 17.5 Å². The molecule has 0 saturated heterocycles. The molecule has 0 saturated carbocycles. The van der Waals surface area contributed by atoms with Crippen molar-refractivity contribution in [3.8, 4) is 5.88 Å². The van der Waals surface area contributed by atoms with Crippen LogP contribution in [-0.2, 0) is 5.11 Å². The van der Waals surface area contributed by atoms with Gasteiger partial charge in [-0.25, -0.2) is 5.11 Å². The van der Waals surface area contributed by atoms with E-state index >= 15 is 0 Å². The summed E-state index contributed by atoms with van der Waals surface area (Å²) in [5.74, 6) is 0.0712. The van der Waals surface area contributed by atoms with Crippen LogP contribution in [0.2, 0.25) is 0 Å². The second kappa shape index (κ2) is 3.76. The Labute approximate surface area is 74.5 Å². The van der Waals surface area contributed by atoms with Gasteiger partial charge in [0, 0.05) is 0 Å². The minimum absolute atomic E-state index is 0.0277. The van der Waals surface area contributed by atoms with Gasteiger partial charge < -0.3 is 21.9 Å². The Balaban J connectivity index is 2.92. The van der Waals surface area contributed by atoms with Crippen LogP contribution in [0.4, 0.5) is 17.5 Å². The van der Waals surface area contributed by atoms with Crippen LogP contribution >= 0.6 is 0 Å². The maximum Gasteiger partial charge on any atom is 0.244 e. The van der Waals surface area contributed by atoms with E-state index < -0.39 is 0 Å². The lowest BCUT2D eigenvalue weighted by Gasteiger charge is -2.07. The first-order chi connectivity index (χ1) is 6.15. The van der Waals surface area contributed by atoms with Crippen LogP contribution < -0.4 is 21.9 Å². The molecule has 0 aliphatic rings. The van der Waals surface area contributed by atoms with Crippen molar-refractivity contribution in [1.82, 2.24) is 9.97 Å². The second-order valence-corrected chi connectivity index (χ2v) is 2.24. The quantitative estimate of drug-likeness (QED) is 0.553. The Hall–Kier alpha value is -1.76. The molecule has 1 rings (SSSR count). The third-order valence-corrected chi connectivity index (χ3v) is 1.28. The Morgan fingerprint density at radius 2 is 1.92 bits per heavy atom. The maximum absolute atomic E-state index is 10.1. The van der Waals surface area contributed by atoms with Gasteiger partial charge in [0.15, 0.2) is 5.82 Å². The summed E-state index contributed by atoms with van der Waals surface area (Å²) in [7, 11) is 0. The van der Waals surface area contributed by atoms with E-state index in [1.54, 1.807) is 0 Å². The van der Waals surface area contributed by atoms with Crippen molar-refractivity contribution < 1.29 is 9.84 Å². The van der Waals surface area contributed by atoms with Gasteiger partial charge in [0.05, 0.1) is 0 Å². The topological polar surface area (TPSA) is 133 Å². The molecule has 7 nitrogen and oxygen atoms in total. The number of nitrogens with two attached hydrogens (primary N) is 3. The third kappa shape index (κ3) is 2.09. The summed E-state index contributed by atoms with van der Waals surface area (Å²) in [6.07, 6.45) is 0. The highest BCUT2D eigenvalue weighted by atomic mass is 16.5. The Kier molecular flexibility index (Phi) is 2.70. The number of nitrogen functional groups attached to an aromatic ring is 3. The van der Waals surface area contributed by atoms with Crippen LogP contribution in [0.3, 0.4) is 0 Å². The predicted molar refractivity (Wildman–Crippen MR) is 46.3 cm³/mol. The summed E-state index contributed by atoms with van der Waals surface area (Å²) in [5.41, 5.74) is 16.2. The fraction of sp³-hybridized carbons (Fsp3) is 0.333. The van der Waals surface area contributed by atoms with Gasteiger partial charge in [0.1, 0.15) is 18.9 Å². The van der Waals surface area contributed by atoms with E-state index in [2.05, 4.69) is 9.97 Å². The van der Waals surface area contributed by atoms with E-state index in [9.17, 15) is 5.11 Å². The average Bonchev–Trinajstić information content (AvgIpc) is 2.09. The highest BCUT2D eigenvalue weighted by molar-refractivity contribution is 5.65. The van der Waals surface area contributed by atoms with Crippen LogP contribution in [0, 0.1) is 0 Å². The molecule has 0 amide bonds. The lowest BCUT2D eigenvalue weighted by atomic mass is 10.5. The van der Waals surface area contributed by atoms with Gasteiger partial charge in [0.25, 0.3) is 0 Å². The van der Waals surface area contributed by atoms with E-state index in [0.717, 1.165) is 0 Å². The van der Waals surface area contributed by atoms with Crippen molar-refractivity contribution in [2.75, 3.05) is 30.4 Å². The van der Waals surface area contributed by atoms with E-state index in [1.807, 2.05) is 0 Å². The molecule has 1 aromatic rings. The second-order valence-electron chi connectivity index (χ2n) is 2.24. The zero-order valence-corrected chi connectivity index (χ0v) is 6.86. The summed E-state index contributed by atoms with van der Waals surface area (Å²) < 4.78 is 4.90. The summed E-state index contributed by atoms with van der Waals surface area (Å²) in [6, 6.07) is 0. The van der Waals surface area contributed by atoms with E-state index in [1.165, 1.54) is 0 Å². The first-order valence-electron chi connectivity index (χ1n) is 3.54. The maximum atomic E-state index is 10.1. The molecule has 1 radical (unpaired) electrons. The molecule has 0 fully saturated rings. The number of aromatic nitrogens is 2. The molecule has 1 heterocycles. The predicted octanol–water partition coefficient (Wildman–Crippen LogP) is -0.967. The zero-order chi connectivity index (χ0) is 9.84. The van der Waals surface area contributed by atoms with Gasteiger partial charge in [-0.1, -0.05) is 0 Å². The van der Waals surface area contributed by atoms with Crippen LogP contribution in [0.5, 0.6) is 5.88 Å². The zero-order valence-electron chi connectivity index (χ0n) is 6.86. The summed E-state index contributed by atoms with van der Waals surface area (Å²) in [4.78, 5) is 7.27. The first-order valence-corrected chi connectivity index (χ1v) is 3.54. The lowest BCUT2D eigenvalue weighted by Crippen LogP contribution is -2.10. The van der Waals surface area contributed by atoms with E-state index in [-0.39, 0.29) is 36.5 Å². The van der Waals surface area contributed by atoms with Gasteiger partial charge in [0.2, 0.25) is 11.8 Å². The summed E-state index contributed by atoms with van der Waals surface area (Å²) in [5, 5.41) is 10.1. The van der Waals surface area contributed by atoms with Gasteiger partial charge in [-0.05, 0) is 0 Å². The van der Waals surface area contributed by atoms with E-state index in [4.69, 9.17) is 21.9 Å². The van der Waals surface area contributed by atoms with Crippen LogP contribution in [-0.4, -0.2) is 23.2 Å². The normalized spacial score (nSPS) is 9.92. The fourth-order valence-corrected chi connectivity index (χ4v) is 0.731. The Morgan fingerprint density at radius 3 is 2.54 bits per heavy atom. The highest BCUT2D eigenvalue weighted by Gasteiger charge is 2.08. The molecule has 0 bridgehead atoms. The average molecular weight is 184 g/mol. The van der Waals surface area contributed by atoms with Crippen molar-refractivity contribution in [2.45, 2.75) is 0 Å². The number of ether oxygens (including phenoxy) is 1. The van der Waals surface area contributed by atoms with Crippen molar-refractivity contribution in [1.29, 1.82) is 0 Å². The van der Waals surface area contributed by atoms with Gasteiger partial charge >= 0.3 is 0 Å². The lowest BCUT2D eigenvalue weighted by molar-refractivity contribution is 0.136. The molecule has 0 aliphatic heterocycles. The third-order valence-electron chi connectivity index (χ3n) is 1.28. The SMILES string of the molecule is Nc1nc(N)c(N)c(OCC[O])n1. The summed E-state index contributed by atoms with van der Waals surface area (Å²) >= 11 is 0. The molecule has 0 spiro atoms. The van der Waals surface area contributed by atoms with Gasteiger partial charge in [-0.2, -0.15) is 9.97 Å². The molecule has 0 aliphatic carbocycles. The molecule has 7 heteroatoms. The van der Waals surface area contributed by atoms with Crippen molar-refractivity contribution in [3.63, 3.8) is 0 Å². The molecule has 0 aromatic carbocycles. The number of hydrogen-bond acceptors (Lipinski definition) is 6. The minimum atomic E-state index is -0.386. The largest absolute Gasteiger partial charge is 0.473 e. The van der Waals surface area contributed by atoms with Crippen molar-refractivity contribution in [2.24, 2.45) is 0 Å². The molecule has 0 unspecified atom stereocenters. The van der Waals surface area contributed by atoms with Crippen LogP contribution in [0.15, 0.2) is 0 Å². The number of rotatable bonds is 3. The monoisotopic (exact) mass is 184 g/mol. The smallest absolute Gasteiger partial charge is 0.244 e. The highest BCUT2D eigenvalue weighted by Crippen LogP contribution is 2.23. The van der Waals surface area contributed by atoms with Crippen molar-refractivity contribution in [3.05, 3.63) is 0 Å². The fourth-order valence-electron chi connectivity index (χ4n) is 0.731. The van der Waals surface area contributed by atoms with Crippen LogP contribution in [0.25, 0.3) is 0 Å². The molecule has 0 atom stereocenters. The van der Waals surface area contributed by atoms with Crippen LogP contribution in [0.1, 0.15) is 0 Å². The number of hydrogen-bond donors (Lipinski definition) is 3. The molecule has 13 heavy (non-hydrogen) atoms.